The molecule has 208 valence electrons. The number of aliphatic hydroxyl groups is 1. The van der Waals surface area contributed by atoms with Crippen molar-refractivity contribution in [3.8, 4) is 0 Å². The van der Waals surface area contributed by atoms with Gasteiger partial charge in [-0.3, -0.25) is 14.4 Å². The number of rotatable bonds is 11. The number of aliphatic hydroxyl groups excluding tert-OH is 1. The summed E-state index contributed by atoms with van der Waals surface area (Å²) < 4.78 is 0. The summed E-state index contributed by atoms with van der Waals surface area (Å²) in [6, 6.07) is 9.29. The Labute approximate surface area is 229 Å². The van der Waals surface area contributed by atoms with Crippen LogP contribution in [0.5, 0.6) is 0 Å². The summed E-state index contributed by atoms with van der Waals surface area (Å²) in [6.45, 7) is 4.56. The third-order valence-corrected chi connectivity index (χ3v) is 8.39. The number of primary amides is 1. The number of fused-ring (bicyclic) bond motifs is 2. The number of benzene rings is 1. The van der Waals surface area contributed by atoms with Crippen LogP contribution in [0.25, 0.3) is 0 Å². The number of hydrogen-bond acceptors (Lipinski definition) is 7. The maximum Gasteiger partial charge on any atom is 0.251 e. The molecule has 1 aromatic heterocycles. The van der Waals surface area contributed by atoms with Crippen molar-refractivity contribution in [1.82, 2.24) is 10.3 Å². The molecule has 1 saturated carbocycles. The lowest BCUT2D eigenvalue weighted by Crippen LogP contribution is -2.50. The van der Waals surface area contributed by atoms with Crippen molar-refractivity contribution in [2.24, 2.45) is 17.6 Å². The van der Waals surface area contributed by atoms with Gasteiger partial charge >= 0.3 is 0 Å². The van der Waals surface area contributed by atoms with Crippen LogP contribution in [0.4, 0.5) is 11.5 Å². The predicted molar refractivity (Wildman–Crippen MR) is 150 cm³/mol. The molecule has 0 spiro atoms. The van der Waals surface area contributed by atoms with Gasteiger partial charge in [-0.25, -0.2) is 4.98 Å². The van der Waals surface area contributed by atoms with E-state index in [2.05, 4.69) is 20.5 Å². The molecule has 4 atom stereocenters. The van der Waals surface area contributed by atoms with Crippen LogP contribution in [0, 0.1) is 11.8 Å². The minimum atomic E-state index is -0.658. The standard InChI is InChI=1S/C30H39N5O4/c1-17(2)26(36)14-27(37)20-6-10-28(33-16-20)35-22-7-8-23(35)13-21(12-22)34-30(39)19-5-9-24(29(31)38)25(11-19)32-15-18-3-4-18/h5-6,9-11,16-18,21-23,26,32,36H,3-4,7-8,12-15H2,1-2H3,(H2,31,38)(H,34,39)/t21?,22-,23+,26?. The van der Waals surface area contributed by atoms with E-state index >= 15 is 0 Å². The normalized spacial score (nSPS) is 23.0. The summed E-state index contributed by atoms with van der Waals surface area (Å²) >= 11 is 0. The molecule has 5 N–H and O–H groups in total. The van der Waals surface area contributed by atoms with Crippen molar-refractivity contribution < 1.29 is 19.5 Å². The number of nitrogens with two attached hydrogens (primary N) is 1. The second kappa shape index (κ2) is 11.3. The van der Waals surface area contributed by atoms with Crippen LogP contribution in [-0.4, -0.2) is 58.5 Å². The average molecular weight is 534 g/mol. The molecule has 5 rings (SSSR count). The molecule has 1 aliphatic carbocycles. The molecule has 3 fully saturated rings. The summed E-state index contributed by atoms with van der Waals surface area (Å²) in [4.78, 5) is 44.5. The molecular weight excluding hydrogens is 494 g/mol. The predicted octanol–water partition coefficient (Wildman–Crippen LogP) is 3.52. The zero-order valence-corrected chi connectivity index (χ0v) is 22.7. The van der Waals surface area contributed by atoms with Gasteiger partial charge in [0.25, 0.3) is 11.8 Å². The Kier molecular flexibility index (Phi) is 7.88. The zero-order valence-electron chi connectivity index (χ0n) is 22.7. The van der Waals surface area contributed by atoms with Crippen molar-refractivity contribution >= 4 is 29.1 Å². The van der Waals surface area contributed by atoms with Crippen LogP contribution in [0.2, 0.25) is 0 Å². The molecule has 3 heterocycles. The second-order valence-corrected chi connectivity index (χ2v) is 11.7. The first-order valence-electron chi connectivity index (χ1n) is 14.1. The number of piperidine rings is 1. The highest BCUT2D eigenvalue weighted by molar-refractivity contribution is 6.02. The molecule has 3 aliphatic rings. The highest BCUT2D eigenvalue weighted by atomic mass is 16.3. The van der Waals surface area contributed by atoms with Gasteiger partial charge in [0.05, 0.1) is 11.7 Å². The van der Waals surface area contributed by atoms with Crippen LogP contribution in [-0.2, 0) is 0 Å². The molecule has 2 amide bonds. The van der Waals surface area contributed by atoms with Gasteiger partial charge < -0.3 is 26.4 Å². The number of nitrogens with zero attached hydrogens (tertiary/aromatic N) is 2. The van der Waals surface area contributed by atoms with E-state index in [4.69, 9.17) is 5.73 Å². The molecule has 2 unspecified atom stereocenters. The minimum Gasteiger partial charge on any atom is -0.392 e. The highest BCUT2D eigenvalue weighted by Crippen LogP contribution is 2.39. The average Bonchev–Trinajstić information content (AvgIpc) is 3.70. The second-order valence-electron chi connectivity index (χ2n) is 11.7. The Hall–Kier alpha value is -3.46. The lowest BCUT2D eigenvalue weighted by molar-refractivity contribution is 0.0789. The molecule has 2 saturated heterocycles. The van der Waals surface area contributed by atoms with Crippen LogP contribution >= 0.6 is 0 Å². The number of ketones is 1. The Bertz CT molecular complexity index is 1210. The number of amides is 2. The van der Waals surface area contributed by atoms with E-state index in [1.165, 1.54) is 12.8 Å². The van der Waals surface area contributed by atoms with E-state index in [-0.39, 0.29) is 42.2 Å². The van der Waals surface area contributed by atoms with Gasteiger partial charge in [0.1, 0.15) is 5.82 Å². The van der Waals surface area contributed by atoms with E-state index in [1.54, 1.807) is 30.5 Å². The van der Waals surface area contributed by atoms with Gasteiger partial charge in [0.2, 0.25) is 0 Å². The fourth-order valence-corrected chi connectivity index (χ4v) is 5.81. The van der Waals surface area contributed by atoms with Crippen LogP contribution < -0.4 is 21.3 Å². The van der Waals surface area contributed by atoms with Crippen LogP contribution in [0.1, 0.15) is 89.9 Å². The van der Waals surface area contributed by atoms with E-state index in [1.807, 2.05) is 19.9 Å². The first-order chi connectivity index (χ1) is 18.7. The number of Topliss-reactive ketones (excluding diaryl/α,β-unsaturated/α-hetero) is 1. The van der Waals surface area contributed by atoms with Gasteiger partial charge in [0, 0.05) is 54.1 Å². The van der Waals surface area contributed by atoms with Gasteiger partial charge in [-0.2, -0.15) is 0 Å². The Morgan fingerprint density at radius 2 is 1.74 bits per heavy atom. The third-order valence-electron chi connectivity index (χ3n) is 8.39. The Morgan fingerprint density at radius 1 is 1.05 bits per heavy atom. The zero-order chi connectivity index (χ0) is 27.7. The fourth-order valence-electron chi connectivity index (χ4n) is 5.81. The number of carbonyl (C=O) groups excluding carboxylic acids is 3. The van der Waals surface area contributed by atoms with Crippen molar-refractivity contribution in [3.05, 3.63) is 53.2 Å². The van der Waals surface area contributed by atoms with Crippen molar-refractivity contribution in [3.63, 3.8) is 0 Å². The van der Waals surface area contributed by atoms with Crippen LogP contribution in [0.3, 0.4) is 0 Å². The molecule has 0 radical (unpaired) electrons. The minimum absolute atomic E-state index is 0.0270. The van der Waals surface area contributed by atoms with Gasteiger partial charge in [-0.15, -0.1) is 0 Å². The monoisotopic (exact) mass is 533 g/mol. The number of anilines is 2. The topological polar surface area (TPSA) is 138 Å². The number of aromatic nitrogens is 1. The maximum absolute atomic E-state index is 13.2. The third kappa shape index (κ3) is 6.24. The first kappa shape index (κ1) is 27.1. The van der Waals surface area contributed by atoms with Crippen molar-refractivity contribution in [2.45, 2.75) is 83.0 Å². The molecule has 2 aromatic rings. The molecule has 9 heteroatoms. The van der Waals surface area contributed by atoms with E-state index in [0.717, 1.165) is 38.0 Å². The van der Waals surface area contributed by atoms with Gasteiger partial charge in [-0.1, -0.05) is 13.8 Å². The smallest absolute Gasteiger partial charge is 0.251 e. The SMILES string of the molecule is CC(C)C(O)CC(=O)c1ccc(N2[C@@H]3CC[C@H]2CC(NC(=O)c2ccc(C(N)=O)c(NCC4CC4)c2)C3)nc1. The molecule has 1 aromatic carbocycles. The van der Waals surface area contributed by atoms with Crippen molar-refractivity contribution in [2.75, 3.05) is 16.8 Å². The summed E-state index contributed by atoms with van der Waals surface area (Å²) in [7, 11) is 0. The number of carbonyl (C=O) groups is 3. The summed E-state index contributed by atoms with van der Waals surface area (Å²) in [5, 5.41) is 16.6. The van der Waals surface area contributed by atoms with Gasteiger partial charge in [-0.05, 0) is 80.7 Å². The first-order valence-corrected chi connectivity index (χ1v) is 14.1. The van der Waals surface area contributed by atoms with E-state index in [9.17, 15) is 19.5 Å². The number of hydrogen-bond donors (Lipinski definition) is 4. The van der Waals surface area contributed by atoms with Crippen molar-refractivity contribution in [1.29, 1.82) is 0 Å². The molecule has 9 nitrogen and oxygen atoms in total. The summed E-state index contributed by atoms with van der Waals surface area (Å²) in [5.74, 6) is 0.731. The molecular formula is C30H39N5O4. The maximum atomic E-state index is 13.2. The Balaban J connectivity index is 1.21. The quantitative estimate of drug-likeness (QED) is 0.324. The lowest BCUT2D eigenvalue weighted by atomic mass is 9.96. The Morgan fingerprint density at radius 3 is 2.33 bits per heavy atom. The summed E-state index contributed by atoms with van der Waals surface area (Å²) in [5.41, 5.74) is 7.59. The van der Waals surface area contributed by atoms with Crippen LogP contribution in [0.15, 0.2) is 36.5 Å². The van der Waals surface area contributed by atoms with E-state index in [0.29, 0.717) is 28.3 Å². The number of nitrogens with one attached hydrogen (secondary N) is 2. The largest absolute Gasteiger partial charge is 0.392 e. The molecule has 39 heavy (non-hydrogen) atoms. The summed E-state index contributed by atoms with van der Waals surface area (Å²) in [6.07, 6.45) is 7.11. The van der Waals surface area contributed by atoms with Gasteiger partial charge in [0.15, 0.2) is 5.78 Å². The molecule has 2 bridgehead atoms. The van der Waals surface area contributed by atoms with E-state index < -0.39 is 12.0 Å². The fraction of sp³-hybridized carbons (Fsp3) is 0.533. The number of pyridine rings is 1. The highest BCUT2D eigenvalue weighted by Gasteiger charge is 2.42. The lowest BCUT2D eigenvalue weighted by Gasteiger charge is -2.40. The molecule has 2 aliphatic heterocycles.